The number of carbonyl (C=O) groups is 1. The number of amides is 1. The summed E-state index contributed by atoms with van der Waals surface area (Å²) in [5, 5.41) is 5.07. The Hall–Kier alpha value is -1.68. The quantitative estimate of drug-likeness (QED) is 0.909. The van der Waals surface area contributed by atoms with Crippen LogP contribution in [0.1, 0.15) is 24.1 Å². The van der Waals surface area contributed by atoms with Gasteiger partial charge in [0.25, 0.3) is 0 Å². The number of hydrogen-bond donors (Lipinski definition) is 1. The molecule has 3 rings (SSSR count). The van der Waals surface area contributed by atoms with Gasteiger partial charge in [0, 0.05) is 18.3 Å². The smallest absolute Gasteiger partial charge is 0.230 e. The highest BCUT2D eigenvalue weighted by molar-refractivity contribution is 7.07. The van der Waals surface area contributed by atoms with Gasteiger partial charge >= 0.3 is 0 Å². The summed E-state index contributed by atoms with van der Waals surface area (Å²) in [5.41, 5.74) is 3.75. The molecule has 0 saturated heterocycles. The third kappa shape index (κ3) is 2.54. The molecule has 0 radical (unpaired) electrons. The highest BCUT2D eigenvalue weighted by Gasteiger charge is 2.50. The van der Waals surface area contributed by atoms with Gasteiger partial charge in [-0.15, -0.1) is 11.3 Å². The van der Waals surface area contributed by atoms with E-state index in [1.165, 1.54) is 0 Å². The molecule has 0 bridgehead atoms. The summed E-state index contributed by atoms with van der Waals surface area (Å²) in [7, 11) is 0. The zero-order valence-corrected chi connectivity index (χ0v) is 11.5. The molecule has 1 N–H and O–H groups in total. The molecule has 2 aromatic rings. The van der Waals surface area contributed by atoms with E-state index in [1.807, 2.05) is 41.2 Å². The third-order valence-corrected chi connectivity index (χ3v) is 4.30. The first kappa shape index (κ1) is 12.4. The van der Waals surface area contributed by atoms with Crippen molar-refractivity contribution in [3.63, 3.8) is 0 Å². The molecule has 0 spiro atoms. The van der Waals surface area contributed by atoms with E-state index in [9.17, 15) is 4.79 Å². The molecule has 19 heavy (non-hydrogen) atoms. The second-order valence-electron chi connectivity index (χ2n) is 4.93. The van der Waals surface area contributed by atoms with Gasteiger partial charge in [0.1, 0.15) is 0 Å². The number of benzene rings is 1. The van der Waals surface area contributed by atoms with Crippen molar-refractivity contribution in [1.82, 2.24) is 10.3 Å². The lowest BCUT2D eigenvalue weighted by Crippen LogP contribution is -2.35. The fourth-order valence-corrected chi connectivity index (χ4v) is 2.96. The fraction of sp³-hybridized carbons (Fsp3) is 0.333. The van der Waals surface area contributed by atoms with Crippen LogP contribution in [0.25, 0.3) is 0 Å². The molecule has 0 aliphatic heterocycles. The van der Waals surface area contributed by atoms with Crippen molar-refractivity contribution in [3.05, 3.63) is 52.5 Å². The predicted octanol–water partition coefficient (Wildman–Crippen LogP) is 2.53. The first-order valence-electron chi connectivity index (χ1n) is 6.52. The molecular formula is C15H16N2OS. The Morgan fingerprint density at radius 1 is 1.32 bits per heavy atom. The van der Waals surface area contributed by atoms with Crippen LogP contribution in [0.15, 0.2) is 41.2 Å². The minimum Gasteiger partial charge on any atom is -0.355 e. The number of hydrogen-bond acceptors (Lipinski definition) is 3. The van der Waals surface area contributed by atoms with Crippen molar-refractivity contribution < 1.29 is 4.79 Å². The van der Waals surface area contributed by atoms with E-state index >= 15 is 0 Å². The normalized spacial score (nSPS) is 16.0. The maximum absolute atomic E-state index is 12.3. The van der Waals surface area contributed by atoms with Gasteiger partial charge < -0.3 is 5.32 Å². The molecular weight excluding hydrogens is 256 g/mol. The molecule has 1 heterocycles. The molecule has 3 nitrogen and oxygen atoms in total. The molecule has 1 aliphatic carbocycles. The topological polar surface area (TPSA) is 42.0 Å². The summed E-state index contributed by atoms with van der Waals surface area (Å²) >= 11 is 1.59. The summed E-state index contributed by atoms with van der Waals surface area (Å²) in [4.78, 5) is 16.5. The highest BCUT2D eigenvalue weighted by Crippen LogP contribution is 2.48. The second kappa shape index (κ2) is 5.13. The maximum Gasteiger partial charge on any atom is 0.230 e. The summed E-state index contributed by atoms with van der Waals surface area (Å²) in [6.45, 7) is 0.664. The van der Waals surface area contributed by atoms with E-state index < -0.39 is 0 Å². The molecule has 1 fully saturated rings. The average Bonchev–Trinajstić information content (AvgIpc) is 3.11. The first-order valence-corrected chi connectivity index (χ1v) is 7.46. The Labute approximate surface area is 116 Å². The van der Waals surface area contributed by atoms with E-state index in [4.69, 9.17) is 0 Å². The van der Waals surface area contributed by atoms with E-state index in [0.717, 1.165) is 30.5 Å². The Morgan fingerprint density at radius 2 is 2.11 bits per heavy atom. The van der Waals surface area contributed by atoms with Crippen molar-refractivity contribution in [1.29, 1.82) is 0 Å². The fourth-order valence-electron chi connectivity index (χ4n) is 2.36. The number of carbonyl (C=O) groups excluding carboxylic acids is 1. The number of aromatic nitrogens is 1. The lowest BCUT2D eigenvalue weighted by molar-refractivity contribution is -0.123. The van der Waals surface area contributed by atoms with Gasteiger partial charge in [-0.3, -0.25) is 4.79 Å². The molecule has 1 aromatic heterocycles. The molecule has 0 unspecified atom stereocenters. The largest absolute Gasteiger partial charge is 0.355 e. The number of rotatable bonds is 5. The lowest BCUT2D eigenvalue weighted by atomic mass is 9.95. The lowest BCUT2D eigenvalue weighted by Gasteiger charge is -2.15. The van der Waals surface area contributed by atoms with E-state index in [2.05, 4.69) is 10.3 Å². The van der Waals surface area contributed by atoms with Crippen LogP contribution in [0.2, 0.25) is 0 Å². The third-order valence-electron chi connectivity index (χ3n) is 3.66. The number of thiazole rings is 1. The average molecular weight is 272 g/mol. The van der Waals surface area contributed by atoms with Crippen LogP contribution in [0.5, 0.6) is 0 Å². The minimum atomic E-state index is -0.261. The SMILES string of the molecule is O=C(NCCc1cscn1)C1(c2ccccc2)CC1. The summed E-state index contributed by atoms with van der Waals surface area (Å²) in [6, 6.07) is 10.1. The van der Waals surface area contributed by atoms with Crippen molar-refractivity contribution in [3.8, 4) is 0 Å². The van der Waals surface area contributed by atoms with E-state index in [1.54, 1.807) is 11.3 Å². The van der Waals surface area contributed by atoms with Gasteiger partial charge in [-0.1, -0.05) is 30.3 Å². The van der Waals surface area contributed by atoms with Gasteiger partial charge in [-0.05, 0) is 18.4 Å². The van der Waals surface area contributed by atoms with Crippen LogP contribution in [-0.4, -0.2) is 17.4 Å². The van der Waals surface area contributed by atoms with Crippen LogP contribution in [0.3, 0.4) is 0 Å². The molecule has 1 aromatic carbocycles. The van der Waals surface area contributed by atoms with Crippen LogP contribution >= 0.6 is 11.3 Å². The molecule has 98 valence electrons. The maximum atomic E-state index is 12.3. The summed E-state index contributed by atoms with van der Waals surface area (Å²) in [5.74, 6) is 0.161. The van der Waals surface area contributed by atoms with Crippen molar-refractivity contribution in [2.75, 3.05) is 6.54 Å². The van der Waals surface area contributed by atoms with Crippen molar-refractivity contribution >= 4 is 17.2 Å². The molecule has 1 saturated carbocycles. The molecule has 1 amide bonds. The van der Waals surface area contributed by atoms with Crippen molar-refractivity contribution in [2.45, 2.75) is 24.7 Å². The van der Waals surface area contributed by atoms with Gasteiger partial charge in [-0.2, -0.15) is 0 Å². The Bertz CT molecular complexity index is 547. The van der Waals surface area contributed by atoms with Gasteiger partial charge in [0.2, 0.25) is 5.91 Å². The van der Waals surface area contributed by atoms with Crippen LogP contribution in [-0.2, 0) is 16.6 Å². The molecule has 0 atom stereocenters. The van der Waals surface area contributed by atoms with Crippen LogP contribution in [0, 0.1) is 0 Å². The Balaban J connectivity index is 1.59. The van der Waals surface area contributed by atoms with Gasteiger partial charge in [-0.25, -0.2) is 4.98 Å². The molecule has 4 heteroatoms. The van der Waals surface area contributed by atoms with Gasteiger partial charge in [0.05, 0.1) is 16.6 Å². The standard InChI is InChI=1S/C15H16N2OS/c18-14(16-9-6-13-10-19-11-17-13)15(7-8-15)12-4-2-1-3-5-12/h1-5,10-11H,6-9H2,(H,16,18). The van der Waals surface area contributed by atoms with E-state index in [-0.39, 0.29) is 11.3 Å². The van der Waals surface area contributed by atoms with Gasteiger partial charge in [0.15, 0.2) is 0 Å². The van der Waals surface area contributed by atoms with Crippen molar-refractivity contribution in [2.24, 2.45) is 0 Å². The van der Waals surface area contributed by atoms with E-state index in [0.29, 0.717) is 6.54 Å². The zero-order valence-electron chi connectivity index (χ0n) is 10.6. The molecule has 1 aliphatic rings. The summed E-state index contributed by atoms with van der Waals surface area (Å²) in [6.07, 6.45) is 2.72. The summed E-state index contributed by atoms with van der Waals surface area (Å²) < 4.78 is 0. The monoisotopic (exact) mass is 272 g/mol. The number of nitrogens with one attached hydrogen (secondary N) is 1. The second-order valence-corrected chi connectivity index (χ2v) is 5.65. The zero-order chi connectivity index (χ0) is 13.1. The first-order chi connectivity index (χ1) is 9.31. The Kier molecular flexibility index (Phi) is 3.34. The highest BCUT2D eigenvalue weighted by atomic mass is 32.1. The minimum absolute atomic E-state index is 0.161. The van der Waals surface area contributed by atoms with Crippen LogP contribution in [0.4, 0.5) is 0 Å². The van der Waals surface area contributed by atoms with Crippen LogP contribution < -0.4 is 5.32 Å². The number of nitrogens with zero attached hydrogens (tertiary/aromatic N) is 1. The predicted molar refractivity (Wildman–Crippen MR) is 76.2 cm³/mol. The Morgan fingerprint density at radius 3 is 2.74 bits per heavy atom.